The van der Waals surface area contributed by atoms with Gasteiger partial charge in [-0.25, -0.2) is 8.78 Å². The van der Waals surface area contributed by atoms with Gasteiger partial charge in [0.25, 0.3) is 5.91 Å². The summed E-state index contributed by atoms with van der Waals surface area (Å²) in [5.74, 6) is -1.96. The van der Waals surface area contributed by atoms with E-state index in [-0.39, 0.29) is 29.9 Å². The van der Waals surface area contributed by atoms with Gasteiger partial charge in [0.05, 0.1) is 11.6 Å². The zero-order valence-electron chi connectivity index (χ0n) is 13.1. The van der Waals surface area contributed by atoms with Crippen LogP contribution in [0.5, 0.6) is 0 Å². The molecule has 0 saturated carbocycles. The Morgan fingerprint density at radius 3 is 2.33 bits per heavy atom. The van der Waals surface area contributed by atoms with Crippen molar-refractivity contribution in [1.29, 1.82) is 0 Å². The molecule has 3 rings (SSSR count). The Morgan fingerprint density at radius 1 is 1.08 bits per heavy atom. The van der Waals surface area contributed by atoms with Crippen molar-refractivity contribution < 1.29 is 18.4 Å². The number of amides is 2. The van der Waals surface area contributed by atoms with Crippen molar-refractivity contribution in [2.24, 2.45) is 0 Å². The monoisotopic (exact) mass is 359 g/mol. The average Bonchev–Trinajstić information content (AvgIpc) is 3.08. The minimum atomic E-state index is -0.858. The van der Waals surface area contributed by atoms with Gasteiger partial charge >= 0.3 is 0 Å². The first kappa shape index (κ1) is 18.6. The first-order valence-electron chi connectivity index (χ1n) is 7.83. The number of nitrogens with one attached hydrogen (secondary N) is 1. The molecule has 1 unspecified atom stereocenters. The summed E-state index contributed by atoms with van der Waals surface area (Å²) in [5, 5.41) is 3.17. The van der Waals surface area contributed by atoms with Crippen LogP contribution in [0, 0.1) is 11.6 Å². The van der Waals surface area contributed by atoms with Gasteiger partial charge in [0.15, 0.2) is 0 Å². The maximum absolute atomic E-state index is 13.7. The fourth-order valence-electron chi connectivity index (χ4n) is 3.08. The van der Waals surface area contributed by atoms with Crippen LogP contribution in [-0.2, 0) is 4.79 Å². The van der Waals surface area contributed by atoms with Crippen LogP contribution in [-0.4, -0.2) is 60.4 Å². The van der Waals surface area contributed by atoms with E-state index in [2.05, 4.69) is 5.32 Å². The van der Waals surface area contributed by atoms with E-state index >= 15 is 0 Å². The van der Waals surface area contributed by atoms with E-state index in [9.17, 15) is 18.4 Å². The predicted molar refractivity (Wildman–Crippen MR) is 87.1 cm³/mol. The number of carbonyl (C=O) groups excluding carboxylic acids is 2. The van der Waals surface area contributed by atoms with Crippen molar-refractivity contribution in [1.82, 2.24) is 15.1 Å². The van der Waals surface area contributed by atoms with Crippen LogP contribution in [0.15, 0.2) is 18.2 Å². The summed E-state index contributed by atoms with van der Waals surface area (Å²) in [6.45, 7) is 2.44. The predicted octanol–water partition coefficient (Wildman–Crippen LogP) is 1.42. The molecule has 2 heterocycles. The number of hydrogen-bond donors (Lipinski definition) is 1. The number of benzene rings is 1. The topological polar surface area (TPSA) is 52.7 Å². The summed E-state index contributed by atoms with van der Waals surface area (Å²) in [6, 6.07) is 2.82. The lowest BCUT2D eigenvalue weighted by molar-refractivity contribution is -0.134. The molecule has 0 aromatic heterocycles. The van der Waals surface area contributed by atoms with Gasteiger partial charge in [-0.2, -0.15) is 0 Å². The Labute approximate surface area is 145 Å². The lowest BCUT2D eigenvalue weighted by Gasteiger charge is -2.36. The maximum atomic E-state index is 13.7. The molecule has 0 spiro atoms. The summed E-state index contributed by atoms with van der Waals surface area (Å²) in [5.41, 5.74) is -0.136. The van der Waals surface area contributed by atoms with Gasteiger partial charge in [0, 0.05) is 32.2 Å². The smallest absolute Gasteiger partial charge is 0.256 e. The van der Waals surface area contributed by atoms with Gasteiger partial charge in [-0.05, 0) is 31.5 Å². The lowest BCUT2D eigenvalue weighted by Crippen LogP contribution is -2.54. The molecule has 0 bridgehead atoms. The molecule has 0 radical (unpaired) electrons. The third-order valence-electron chi connectivity index (χ3n) is 4.40. The largest absolute Gasteiger partial charge is 0.338 e. The van der Waals surface area contributed by atoms with Crippen LogP contribution in [0.2, 0.25) is 0 Å². The molecule has 2 amide bonds. The number of nitrogens with zero attached hydrogens (tertiary/aromatic N) is 2. The van der Waals surface area contributed by atoms with E-state index in [1.165, 1.54) is 4.90 Å². The fourth-order valence-corrected chi connectivity index (χ4v) is 3.08. The number of halogens is 3. The SMILES string of the molecule is Cl.O=C(c1ccc(F)cc1F)N1CCN(C(=O)C2CCCN2)CC1. The molecule has 2 aliphatic rings. The molecule has 1 aromatic carbocycles. The zero-order valence-corrected chi connectivity index (χ0v) is 14.0. The number of rotatable bonds is 2. The third kappa shape index (κ3) is 3.84. The average molecular weight is 360 g/mol. The number of carbonyl (C=O) groups is 2. The van der Waals surface area contributed by atoms with Gasteiger partial charge in [0.1, 0.15) is 11.6 Å². The second-order valence-corrected chi connectivity index (χ2v) is 5.89. The van der Waals surface area contributed by atoms with Crippen LogP contribution in [0.1, 0.15) is 23.2 Å². The van der Waals surface area contributed by atoms with E-state index in [0.717, 1.165) is 31.5 Å². The summed E-state index contributed by atoms with van der Waals surface area (Å²) in [6.07, 6.45) is 1.84. The lowest BCUT2D eigenvalue weighted by atomic mass is 10.1. The highest BCUT2D eigenvalue weighted by molar-refractivity contribution is 5.94. The number of hydrogen-bond acceptors (Lipinski definition) is 3. The second-order valence-electron chi connectivity index (χ2n) is 5.89. The highest BCUT2D eigenvalue weighted by atomic mass is 35.5. The molecule has 8 heteroatoms. The van der Waals surface area contributed by atoms with E-state index < -0.39 is 17.5 Å². The molecule has 2 aliphatic heterocycles. The Morgan fingerprint density at radius 2 is 1.75 bits per heavy atom. The molecule has 1 atom stereocenters. The standard InChI is InChI=1S/C16H19F2N3O2.ClH/c17-11-3-4-12(13(18)10-11)15(22)20-6-8-21(9-7-20)16(23)14-2-1-5-19-14;/h3-4,10,14,19H,1-2,5-9H2;1H. The Balaban J connectivity index is 0.00000208. The molecule has 5 nitrogen and oxygen atoms in total. The normalized spacial score (nSPS) is 20.7. The van der Waals surface area contributed by atoms with E-state index in [1.807, 2.05) is 0 Å². The van der Waals surface area contributed by atoms with Crippen molar-refractivity contribution >= 4 is 24.2 Å². The second kappa shape index (κ2) is 7.90. The molecule has 24 heavy (non-hydrogen) atoms. The molecular weight excluding hydrogens is 340 g/mol. The highest BCUT2D eigenvalue weighted by Crippen LogP contribution is 2.15. The Hall–Kier alpha value is -1.73. The first-order valence-corrected chi connectivity index (χ1v) is 7.83. The molecule has 1 N–H and O–H groups in total. The van der Waals surface area contributed by atoms with Crippen molar-refractivity contribution in [2.45, 2.75) is 18.9 Å². The third-order valence-corrected chi connectivity index (χ3v) is 4.40. The van der Waals surface area contributed by atoms with Gasteiger partial charge in [0.2, 0.25) is 5.91 Å². The van der Waals surface area contributed by atoms with Crippen LogP contribution in [0.3, 0.4) is 0 Å². The quantitative estimate of drug-likeness (QED) is 0.869. The molecular formula is C16H20ClF2N3O2. The minimum Gasteiger partial charge on any atom is -0.338 e. The van der Waals surface area contributed by atoms with E-state index in [0.29, 0.717) is 32.2 Å². The molecule has 1 aromatic rings. The van der Waals surface area contributed by atoms with Crippen molar-refractivity contribution in [3.63, 3.8) is 0 Å². The van der Waals surface area contributed by atoms with Gasteiger partial charge < -0.3 is 15.1 Å². The van der Waals surface area contributed by atoms with Crippen molar-refractivity contribution in [3.05, 3.63) is 35.4 Å². The summed E-state index contributed by atoms with van der Waals surface area (Å²) in [7, 11) is 0. The molecule has 2 saturated heterocycles. The van der Waals surface area contributed by atoms with Gasteiger partial charge in [-0.3, -0.25) is 9.59 Å². The first-order chi connectivity index (χ1) is 11.1. The summed E-state index contributed by atoms with van der Waals surface area (Å²) < 4.78 is 26.6. The maximum Gasteiger partial charge on any atom is 0.256 e. The van der Waals surface area contributed by atoms with E-state index in [1.54, 1.807) is 4.90 Å². The van der Waals surface area contributed by atoms with Gasteiger partial charge in [-0.1, -0.05) is 0 Å². The minimum absolute atomic E-state index is 0. The Kier molecular flexibility index (Phi) is 6.12. The van der Waals surface area contributed by atoms with Crippen molar-refractivity contribution in [3.8, 4) is 0 Å². The summed E-state index contributed by atoms with van der Waals surface area (Å²) in [4.78, 5) is 27.9. The molecule has 0 aliphatic carbocycles. The number of piperazine rings is 1. The fraction of sp³-hybridized carbons (Fsp3) is 0.500. The van der Waals surface area contributed by atoms with Crippen molar-refractivity contribution in [2.75, 3.05) is 32.7 Å². The zero-order chi connectivity index (χ0) is 16.4. The Bertz CT molecular complexity index is 615. The van der Waals surface area contributed by atoms with Crippen LogP contribution < -0.4 is 5.32 Å². The van der Waals surface area contributed by atoms with Crippen LogP contribution in [0.25, 0.3) is 0 Å². The molecule has 2 fully saturated rings. The van der Waals surface area contributed by atoms with Gasteiger partial charge in [-0.15, -0.1) is 12.4 Å². The van der Waals surface area contributed by atoms with Crippen LogP contribution in [0.4, 0.5) is 8.78 Å². The molecule has 132 valence electrons. The highest BCUT2D eigenvalue weighted by Gasteiger charge is 2.31. The summed E-state index contributed by atoms with van der Waals surface area (Å²) >= 11 is 0. The van der Waals surface area contributed by atoms with E-state index in [4.69, 9.17) is 0 Å². The van der Waals surface area contributed by atoms with Crippen LogP contribution >= 0.6 is 12.4 Å².